The molecule has 0 aliphatic rings. The Kier molecular flexibility index (Phi) is 4.81. The van der Waals surface area contributed by atoms with E-state index in [4.69, 9.17) is 0 Å². The largest absolute Gasteiger partial charge is 0.316 e. The standard InChI is InChI=1S/C19H19N3O2S/c1-12-4-9-16-17(10-12)25-19(20-16)21-18(24)11-14-5-7-15(8-6-14)22(3)13(2)23/h4-10H,11H2,1-3H3,(H,20,21,24). The van der Waals surface area contributed by atoms with Crippen molar-refractivity contribution in [2.45, 2.75) is 20.3 Å². The molecule has 0 radical (unpaired) electrons. The van der Waals surface area contributed by atoms with Crippen molar-refractivity contribution in [3.8, 4) is 0 Å². The van der Waals surface area contributed by atoms with Crippen molar-refractivity contribution >= 4 is 44.2 Å². The topological polar surface area (TPSA) is 62.3 Å². The van der Waals surface area contributed by atoms with Crippen LogP contribution in [0.2, 0.25) is 0 Å². The van der Waals surface area contributed by atoms with Gasteiger partial charge >= 0.3 is 0 Å². The quantitative estimate of drug-likeness (QED) is 0.777. The SMILES string of the molecule is CC(=O)N(C)c1ccc(CC(=O)Nc2nc3ccc(C)cc3s2)cc1. The molecular formula is C19H19N3O2S. The zero-order valence-electron chi connectivity index (χ0n) is 14.4. The van der Waals surface area contributed by atoms with Crippen LogP contribution in [0.1, 0.15) is 18.1 Å². The molecule has 0 aliphatic heterocycles. The molecule has 3 aromatic rings. The summed E-state index contributed by atoms with van der Waals surface area (Å²) in [6, 6.07) is 13.4. The van der Waals surface area contributed by atoms with Crippen LogP contribution >= 0.6 is 11.3 Å². The zero-order valence-corrected chi connectivity index (χ0v) is 15.2. The Balaban J connectivity index is 1.66. The Labute approximate surface area is 150 Å². The molecule has 128 valence electrons. The third-order valence-corrected chi connectivity index (χ3v) is 4.88. The normalized spacial score (nSPS) is 10.7. The maximum Gasteiger partial charge on any atom is 0.230 e. The summed E-state index contributed by atoms with van der Waals surface area (Å²) < 4.78 is 1.06. The second kappa shape index (κ2) is 7.03. The van der Waals surface area contributed by atoms with Gasteiger partial charge in [-0.1, -0.05) is 29.5 Å². The molecule has 2 amide bonds. The lowest BCUT2D eigenvalue weighted by Crippen LogP contribution is -2.22. The number of nitrogens with one attached hydrogen (secondary N) is 1. The number of nitrogens with zero attached hydrogens (tertiary/aromatic N) is 2. The van der Waals surface area contributed by atoms with Crippen molar-refractivity contribution in [2.75, 3.05) is 17.3 Å². The zero-order chi connectivity index (χ0) is 18.0. The van der Waals surface area contributed by atoms with E-state index in [1.54, 1.807) is 11.9 Å². The molecule has 0 saturated heterocycles. The van der Waals surface area contributed by atoms with Gasteiger partial charge in [0.05, 0.1) is 16.6 Å². The number of hydrogen-bond donors (Lipinski definition) is 1. The highest BCUT2D eigenvalue weighted by molar-refractivity contribution is 7.22. The highest BCUT2D eigenvalue weighted by Gasteiger charge is 2.10. The van der Waals surface area contributed by atoms with Gasteiger partial charge in [-0.25, -0.2) is 4.98 Å². The van der Waals surface area contributed by atoms with E-state index in [0.717, 1.165) is 21.5 Å². The molecule has 1 heterocycles. The van der Waals surface area contributed by atoms with Crippen molar-refractivity contribution in [1.29, 1.82) is 0 Å². The van der Waals surface area contributed by atoms with Gasteiger partial charge in [-0.3, -0.25) is 9.59 Å². The summed E-state index contributed by atoms with van der Waals surface area (Å²) in [7, 11) is 1.72. The summed E-state index contributed by atoms with van der Waals surface area (Å²) in [4.78, 5) is 29.6. The molecular weight excluding hydrogens is 334 g/mol. The number of hydrogen-bond acceptors (Lipinski definition) is 4. The van der Waals surface area contributed by atoms with Gasteiger partial charge in [0.25, 0.3) is 0 Å². The number of amides is 2. The van der Waals surface area contributed by atoms with E-state index in [-0.39, 0.29) is 18.2 Å². The van der Waals surface area contributed by atoms with Crippen molar-refractivity contribution in [1.82, 2.24) is 4.98 Å². The third kappa shape index (κ3) is 4.03. The first kappa shape index (κ1) is 17.1. The Hall–Kier alpha value is -2.73. The van der Waals surface area contributed by atoms with Gasteiger partial charge in [0.2, 0.25) is 11.8 Å². The fourth-order valence-electron chi connectivity index (χ4n) is 2.45. The smallest absolute Gasteiger partial charge is 0.230 e. The molecule has 1 aromatic heterocycles. The van der Waals surface area contributed by atoms with Gasteiger partial charge in [-0.2, -0.15) is 0 Å². The number of aromatic nitrogens is 1. The van der Waals surface area contributed by atoms with Crippen LogP contribution in [0.25, 0.3) is 10.2 Å². The lowest BCUT2D eigenvalue weighted by Gasteiger charge is -2.15. The summed E-state index contributed by atoms with van der Waals surface area (Å²) in [6.45, 7) is 3.55. The molecule has 3 rings (SSSR count). The average molecular weight is 353 g/mol. The number of carbonyl (C=O) groups is 2. The number of carbonyl (C=O) groups excluding carboxylic acids is 2. The molecule has 0 fully saturated rings. The van der Waals surface area contributed by atoms with Crippen LogP contribution in [0.4, 0.5) is 10.8 Å². The van der Waals surface area contributed by atoms with Crippen LogP contribution in [0.3, 0.4) is 0 Å². The number of rotatable bonds is 4. The molecule has 5 nitrogen and oxygen atoms in total. The number of anilines is 2. The highest BCUT2D eigenvalue weighted by atomic mass is 32.1. The first-order valence-electron chi connectivity index (χ1n) is 7.92. The average Bonchev–Trinajstić information content (AvgIpc) is 2.95. The second-order valence-electron chi connectivity index (χ2n) is 5.96. The summed E-state index contributed by atoms with van der Waals surface area (Å²) in [5, 5.41) is 3.47. The van der Waals surface area contributed by atoms with E-state index in [2.05, 4.69) is 16.4 Å². The van der Waals surface area contributed by atoms with Crippen LogP contribution in [0, 0.1) is 6.92 Å². The van der Waals surface area contributed by atoms with E-state index in [1.165, 1.54) is 23.8 Å². The second-order valence-corrected chi connectivity index (χ2v) is 6.99. The molecule has 2 aromatic carbocycles. The van der Waals surface area contributed by atoms with E-state index in [1.807, 2.05) is 43.3 Å². The van der Waals surface area contributed by atoms with Gasteiger partial charge in [-0.05, 0) is 42.3 Å². The molecule has 0 unspecified atom stereocenters. The van der Waals surface area contributed by atoms with E-state index < -0.39 is 0 Å². The van der Waals surface area contributed by atoms with Crippen molar-refractivity contribution in [2.24, 2.45) is 0 Å². The molecule has 0 saturated carbocycles. The summed E-state index contributed by atoms with van der Waals surface area (Å²) in [5.41, 5.74) is 3.75. The molecule has 0 aliphatic carbocycles. The van der Waals surface area contributed by atoms with Crippen molar-refractivity contribution < 1.29 is 9.59 Å². The maximum absolute atomic E-state index is 12.2. The van der Waals surface area contributed by atoms with Crippen LogP contribution in [0.15, 0.2) is 42.5 Å². The van der Waals surface area contributed by atoms with Crippen molar-refractivity contribution in [3.63, 3.8) is 0 Å². The fraction of sp³-hybridized carbons (Fsp3) is 0.211. The summed E-state index contributed by atoms with van der Waals surface area (Å²) >= 11 is 1.47. The Bertz CT molecular complexity index is 931. The minimum atomic E-state index is -0.108. The summed E-state index contributed by atoms with van der Waals surface area (Å²) in [6.07, 6.45) is 0.263. The first-order valence-corrected chi connectivity index (χ1v) is 8.74. The van der Waals surface area contributed by atoms with Crippen LogP contribution < -0.4 is 10.2 Å². The van der Waals surface area contributed by atoms with E-state index >= 15 is 0 Å². The molecule has 0 spiro atoms. The van der Waals surface area contributed by atoms with Gasteiger partial charge in [0.1, 0.15) is 0 Å². The van der Waals surface area contributed by atoms with E-state index in [9.17, 15) is 9.59 Å². The number of thiazole rings is 1. The van der Waals surface area contributed by atoms with Gasteiger partial charge < -0.3 is 10.2 Å². The van der Waals surface area contributed by atoms with Crippen molar-refractivity contribution in [3.05, 3.63) is 53.6 Å². The van der Waals surface area contributed by atoms with Crippen LogP contribution in [0.5, 0.6) is 0 Å². The molecule has 25 heavy (non-hydrogen) atoms. The Morgan fingerprint density at radius 3 is 2.56 bits per heavy atom. The predicted octanol–water partition coefficient (Wildman–Crippen LogP) is 3.77. The molecule has 0 bridgehead atoms. The predicted molar refractivity (Wildman–Crippen MR) is 102 cm³/mol. The van der Waals surface area contributed by atoms with Crippen LogP contribution in [-0.4, -0.2) is 23.8 Å². The maximum atomic E-state index is 12.2. The number of benzene rings is 2. The van der Waals surface area contributed by atoms with E-state index in [0.29, 0.717) is 5.13 Å². The van der Waals surface area contributed by atoms with Crippen LogP contribution in [-0.2, 0) is 16.0 Å². The summed E-state index contributed by atoms with van der Waals surface area (Å²) in [5.74, 6) is -0.139. The van der Waals surface area contributed by atoms with Gasteiger partial charge in [-0.15, -0.1) is 0 Å². The molecule has 0 atom stereocenters. The minimum absolute atomic E-state index is 0.0310. The lowest BCUT2D eigenvalue weighted by atomic mass is 10.1. The highest BCUT2D eigenvalue weighted by Crippen LogP contribution is 2.26. The lowest BCUT2D eigenvalue weighted by molar-refractivity contribution is -0.116. The molecule has 6 heteroatoms. The first-order chi connectivity index (χ1) is 11.9. The third-order valence-electron chi connectivity index (χ3n) is 3.95. The molecule has 1 N–H and O–H groups in total. The van der Waals surface area contributed by atoms with Gasteiger partial charge in [0, 0.05) is 19.7 Å². The van der Waals surface area contributed by atoms with Gasteiger partial charge in [0.15, 0.2) is 5.13 Å². The number of aryl methyl sites for hydroxylation is 1. The Morgan fingerprint density at radius 1 is 1.16 bits per heavy atom. The monoisotopic (exact) mass is 353 g/mol. The Morgan fingerprint density at radius 2 is 1.88 bits per heavy atom. The number of fused-ring (bicyclic) bond motifs is 1. The minimum Gasteiger partial charge on any atom is -0.316 e. The fourth-order valence-corrected chi connectivity index (χ4v) is 3.43.